The lowest BCUT2D eigenvalue weighted by atomic mass is 9.95. The van der Waals surface area contributed by atoms with Crippen LogP contribution in [0.5, 0.6) is 0 Å². The van der Waals surface area contributed by atoms with Crippen molar-refractivity contribution < 1.29 is 9.53 Å². The average molecular weight is 299 g/mol. The normalized spacial score (nSPS) is 17.6. The van der Waals surface area contributed by atoms with Gasteiger partial charge in [0.05, 0.1) is 6.61 Å². The summed E-state index contributed by atoms with van der Waals surface area (Å²) < 4.78 is 5.39. The SMILES string of the molecule is O=C(OCC1CC=CCC1)c1csc(-c2ccccc2)n1. The Morgan fingerprint density at radius 1 is 1.29 bits per heavy atom. The van der Waals surface area contributed by atoms with Gasteiger partial charge in [0.25, 0.3) is 0 Å². The summed E-state index contributed by atoms with van der Waals surface area (Å²) in [6, 6.07) is 9.87. The standard InChI is InChI=1S/C17H17NO2S/c19-17(20-11-13-7-3-1-4-8-13)15-12-21-16(18-15)14-9-5-2-6-10-14/h1-3,5-6,9-10,12-13H,4,7-8,11H2. The Balaban J connectivity index is 1.60. The van der Waals surface area contributed by atoms with Gasteiger partial charge in [0, 0.05) is 10.9 Å². The molecule has 0 bridgehead atoms. The Hall–Kier alpha value is -1.94. The van der Waals surface area contributed by atoms with Gasteiger partial charge in [0.2, 0.25) is 0 Å². The van der Waals surface area contributed by atoms with Crippen molar-refractivity contribution in [3.05, 3.63) is 53.6 Å². The third-order valence-corrected chi connectivity index (χ3v) is 4.45. The molecular formula is C17H17NO2S. The predicted octanol–water partition coefficient (Wildman–Crippen LogP) is 4.32. The maximum Gasteiger partial charge on any atom is 0.357 e. The number of esters is 1. The smallest absolute Gasteiger partial charge is 0.357 e. The average Bonchev–Trinajstić information content (AvgIpc) is 3.04. The number of hydrogen-bond acceptors (Lipinski definition) is 4. The summed E-state index contributed by atoms with van der Waals surface area (Å²) in [6.45, 7) is 0.487. The highest BCUT2D eigenvalue weighted by Gasteiger charge is 2.16. The van der Waals surface area contributed by atoms with E-state index < -0.39 is 0 Å². The van der Waals surface area contributed by atoms with Gasteiger partial charge >= 0.3 is 5.97 Å². The second kappa shape index (κ2) is 6.68. The molecule has 2 aromatic rings. The van der Waals surface area contributed by atoms with Crippen LogP contribution in [0, 0.1) is 5.92 Å². The van der Waals surface area contributed by atoms with Crippen LogP contribution in [0.4, 0.5) is 0 Å². The van der Waals surface area contributed by atoms with Crippen LogP contribution >= 0.6 is 11.3 Å². The van der Waals surface area contributed by atoms with Crippen molar-refractivity contribution in [2.24, 2.45) is 5.92 Å². The topological polar surface area (TPSA) is 39.2 Å². The number of benzene rings is 1. The highest BCUT2D eigenvalue weighted by atomic mass is 32.1. The fourth-order valence-corrected chi connectivity index (χ4v) is 3.15. The molecule has 0 radical (unpaired) electrons. The van der Waals surface area contributed by atoms with Crippen LogP contribution < -0.4 is 0 Å². The predicted molar refractivity (Wildman–Crippen MR) is 84.3 cm³/mol. The number of aromatic nitrogens is 1. The molecule has 4 heteroatoms. The molecule has 3 rings (SSSR count). The number of carbonyl (C=O) groups is 1. The molecule has 1 heterocycles. The van der Waals surface area contributed by atoms with Crippen LogP contribution in [0.1, 0.15) is 29.8 Å². The molecule has 1 unspecified atom stereocenters. The van der Waals surface area contributed by atoms with Gasteiger partial charge in [0.15, 0.2) is 5.69 Å². The second-order valence-corrected chi connectivity index (χ2v) is 6.01. The summed E-state index contributed by atoms with van der Waals surface area (Å²) >= 11 is 1.47. The maximum absolute atomic E-state index is 12.0. The minimum absolute atomic E-state index is 0.317. The van der Waals surface area contributed by atoms with E-state index in [1.54, 1.807) is 5.38 Å². The summed E-state index contributed by atoms with van der Waals surface area (Å²) in [6.07, 6.45) is 7.52. The molecule has 1 aliphatic rings. The molecule has 21 heavy (non-hydrogen) atoms. The number of carbonyl (C=O) groups excluding carboxylic acids is 1. The summed E-state index contributed by atoms with van der Waals surface area (Å²) in [4.78, 5) is 16.4. The van der Waals surface area contributed by atoms with Gasteiger partial charge in [-0.05, 0) is 25.2 Å². The molecule has 0 saturated carbocycles. The molecule has 1 atom stereocenters. The van der Waals surface area contributed by atoms with Crippen molar-refractivity contribution in [2.45, 2.75) is 19.3 Å². The van der Waals surface area contributed by atoms with E-state index in [2.05, 4.69) is 17.1 Å². The van der Waals surface area contributed by atoms with Gasteiger partial charge < -0.3 is 4.74 Å². The van der Waals surface area contributed by atoms with E-state index >= 15 is 0 Å². The quantitative estimate of drug-likeness (QED) is 0.623. The molecule has 0 N–H and O–H groups in total. The number of allylic oxidation sites excluding steroid dienone is 2. The third-order valence-electron chi connectivity index (χ3n) is 3.56. The van der Waals surface area contributed by atoms with Crippen molar-refractivity contribution in [1.29, 1.82) is 0 Å². The summed E-state index contributed by atoms with van der Waals surface area (Å²) in [5, 5.41) is 2.62. The van der Waals surface area contributed by atoms with Crippen LogP contribution in [0.2, 0.25) is 0 Å². The van der Waals surface area contributed by atoms with Gasteiger partial charge in [-0.3, -0.25) is 0 Å². The van der Waals surface area contributed by atoms with Gasteiger partial charge in [-0.1, -0.05) is 42.5 Å². The molecule has 0 fully saturated rings. The first kappa shape index (κ1) is 14.0. The van der Waals surface area contributed by atoms with E-state index in [9.17, 15) is 4.79 Å². The van der Waals surface area contributed by atoms with Crippen LogP contribution in [0.25, 0.3) is 10.6 Å². The Morgan fingerprint density at radius 3 is 2.90 bits per heavy atom. The molecule has 0 amide bonds. The zero-order valence-corrected chi connectivity index (χ0v) is 12.5. The molecule has 1 aromatic heterocycles. The van der Waals surface area contributed by atoms with Gasteiger partial charge in [-0.25, -0.2) is 9.78 Å². The van der Waals surface area contributed by atoms with E-state index in [1.165, 1.54) is 11.3 Å². The Kier molecular flexibility index (Phi) is 4.46. The first-order chi connectivity index (χ1) is 10.3. The van der Waals surface area contributed by atoms with Crippen molar-refractivity contribution in [3.8, 4) is 10.6 Å². The van der Waals surface area contributed by atoms with E-state index in [0.29, 0.717) is 18.2 Å². The number of ether oxygens (including phenoxy) is 1. The zero-order valence-electron chi connectivity index (χ0n) is 11.7. The maximum atomic E-state index is 12.0. The summed E-state index contributed by atoms with van der Waals surface area (Å²) in [5.74, 6) is 0.133. The summed E-state index contributed by atoms with van der Waals surface area (Å²) in [5.41, 5.74) is 1.43. The Morgan fingerprint density at radius 2 is 2.14 bits per heavy atom. The largest absolute Gasteiger partial charge is 0.461 e. The monoisotopic (exact) mass is 299 g/mol. The summed E-state index contributed by atoms with van der Waals surface area (Å²) in [7, 11) is 0. The Bertz CT molecular complexity index is 633. The zero-order chi connectivity index (χ0) is 14.5. The molecule has 3 nitrogen and oxygen atoms in total. The van der Waals surface area contributed by atoms with E-state index in [1.807, 2.05) is 30.3 Å². The number of rotatable bonds is 4. The second-order valence-electron chi connectivity index (χ2n) is 5.15. The number of hydrogen-bond donors (Lipinski definition) is 0. The lowest BCUT2D eigenvalue weighted by Crippen LogP contribution is -2.15. The first-order valence-electron chi connectivity index (χ1n) is 7.16. The highest BCUT2D eigenvalue weighted by molar-refractivity contribution is 7.13. The van der Waals surface area contributed by atoms with Crippen molar-refractivity contribution in [2.75, 3.05) is 6.61 Å². The fourth-order valence-electron chi connectivity index (χ4n) is 2.36. The fraction of sp³-hybridized carbons (Fsp3) is 0.294. The van der Waals surface area contributed by atoms with Gasteiger partial charge in [-0.15, -0.1) is 11.3 Å². The highest BCUT2D eigenvalue weighted by Crippen LogP contribution is 2.24. The van der Waals surface area contributed by atoms with E-state index in [-0.39, 0.29) is 5.97 Å². The molecule has 108 valence electrons. The molecule has 1 aromatic carbocycles. The van der Waals surface area contributed by atoms with Crippen LogP contribution in [0.3, 0.4) is 0 Å². The van der Waals surface area contributed by atoms with Crippen LogP contribution in [-0.4, -0.2) is 17.6 Å². The molecule has 0 spiro atoms. The number of thiazole rings is 1. The minimum atomic E-state index is -0.317. The van der Waals surface area contributed by atoms with Crippen molar-refractivity contribution >= 4 is 17.3 Å². The molecular weight excluding hydrogens is 282 g/mol. The van der Waals surface area contributed by atoms with Crippen molar-refractivity contribution in [3.63, 3.8) is 0 Å². The lowest BCUT2D eigenvalue weighted by molar-refractivity contribution is 0.0426. The van der Waals surface area contributed by atoms with E-state index in [4.69, 9.17) is 4.74 Å². The first-order valence-corrected chi connectivity index (χ1v) is 8.04. The lowest BCUT2D eigenvalue weighted by Gasteiger charge is -2.16. The van der Waals surface area contributed by atoms with Crippen molar-refractivity contribution in [1.82, 2.24) is 4.98 Å². The number of nitrogens with zero attached hydrogens (tertiary/aromatic N) is 1. The molecule has 0 saturated heterocycles. The van der Waals surface area contributed by atoms with E-state index in [0.717, 1.165) is 29.8 Å². The Labute approximate surface area is 128 Å². The third kappa shape index (κ3) is 3.58. The van der Waals surface area contributed by atoms with Crippen LogP contribution in [-0.2, 0) is 4.74 Å². The van der Waals surface area contributed by atoms with Crippen LogP contribution in [0.15, 0.2) is 47.9 Å². The molecule has 1 aliphatic carbocycles. The van der Waals surface area contributed by atoms with Gasteiger partial charge in [-0.2, -0.15) is 0 Å². The molecule has 0 aliphatic heterocycles. The minimum Gasteiger partial charge on any atom is -0.461 e. The van der Waals surface area contributed by atoms with Gasteiger partial charge in [0.1, 0.15) is 5.01 Å².